The van der Waals surface area contributed by atoms with Crippen LogP contribution in [0.2, 0.25) is 0 Å². The second-order valence-corrected chi connectivity index (χ2v) is 5.42. The van der Waals surface area contributed by atoms with E-state index in [1.54, 1.807) is 0 Å². The van der Waals surface area contributed by atoms with E-state index in [1.165, 1.54) is 5.56 Å². The third-order valence-electron chi connectivity index (χ3n) is 3.27. The fourth-order valence-corrected chi connectivity index (χ4v) is 2.45. The molecule has 1 atom stereocenters. The number of unbranched alkanes of at least 4 members (excludes halogenated alkanes) is 1. The molecule has 0 spiro atoms. The molecule has 1 N–H and O–H groups in total. The molecule has 1 heterocycles. The number of hydrogen-bond acceptors (Lipinski definition) is 2. The van der Waals surface area contributed by atoms with Crippen LogP contribution in [0, 0.1) is 12.3 Å². The highest BCUT2D eigenvalue weighted by Crippen LogP contribution is 2.39. The van der Waals surface area contributed by atoms with Crippen LogP contribution in [0.25, 0.3) is 0 Å². The third-order valence-corrected chi connectivity index (χ3v) is 3.27. The highest BCUT2D eigenvalue weighted by molar-refractivity contribution is 5.38. The minimum Gasteiger partial charge on any atom is -0.487 e. The molecule has 2 rings (SSSR count). The van der Waals surface area contributed by atoms with Gasteiger partial charge in [0.1, 0.15) is 11.4 Å². The van der Waals surface area contributed by atoms with Gasteiger partial charge in [0.05, 0.1) is 0 Å². The summed E-state index contributed by atoms with van der Waals surface area (Å²) in [4.78, 5) is 0. The molecule has 0 saturated carbocycles. The van der Waals surface area contributed by atoms with Gasteiger partial charge in [0.2, 0.25) is 0 Å². The van der Waals surface area contributed by atoms with Gasteiger partial charge in [-0.05, 0) is 32.9 Å². The van der Waals surface area contributed by atoms with Crippen LogP contribution >= 0.6 is 0 Å². The maximum atomic E-state index is 6.00. The summed E-state index contributed by atoms with van der Waals surface area (Å²) in [5, 5.41) is 3.59. The molecule has 1 aromatic rings. The molecule has 1 aliphatic rings. The van der Waals surface area contributed by atoms with Crippen LogP contribution in [-0.4, -0.2) is 12.1 Å². The van der Waals surface area contributed by atoms with Gasteiger partial charge >= 0.3 is 0 Å². The van der Waals surface area contributed by atoms with Crippen LogP contribution in [-0.2, 0) is 0 Å². The molecule has 2 nitrogen and oxygen atoms in total. The van der Waals surface area contributed by atoms with E-state index in [4.69, 9.17) is 11.2 Å². The van der Waals surface area contributed by atoms with Crippen molar-refractivity contribution in [2.24, 2.45) is 0 Å². The quantitative estimate of drug-likeness (QED) is 0.647. The van der Waals surface area contributed by atoms with Crippen molar-refractivity contribution in [2.75, 3.05) is 6.54 Å². The molecule has 96 valence electrons. The smallest absolute Gasteiger partial charge is 0.124 e. The summed E-state index contributed by atoms with van der Waals surface area (Å²) < 4.78 is 6.00. The van der Waals surface area contributed by atoms with E-state index in [0.717, 1.165) is 31.6 Å². The number of para-hydroxylation sites is 1. The number of benzene rings is 1. The lowest BCUT2D eigenvalue weighted by Crippen LogP contribution is -2.39. The number of nitrogens with one attached hydrogen (secondary N) is 1. The highest BCUT2D eigenvalue weighted by atomic mass is 16.5. The molecule has 1 aromatic carbocycles. The topological polar surface area (TPSA) is 21.3 Å². The van der Waals surface area contributed by atoms with Gasteiger partial charge in [0, 0.05) is 24.4 Å². The largest absolute Gasteiger partial charge is 0.487 e. The van der Waals surface area contributed by atoms with Gasteiger partial charge < -0.3 is 10.1 Å². The van der Waals surface area contributed by atoms with E-state index in [1.807, 2.05) is 12.1 Å². The lowest BCUT2D eigenvalue weighted by atomic mass is 9.89. The van der Waals surface area contributed by atoms with E-state index in [2.05, 4.69) is 37.2 Å². The fourth-order valence-electron chi connectivity index (χ4n) is 2.45. The van der Waals surface area contributed by atoms with E-state index >= 15 is 0 Å². The molecule has 0 radical (unpaired) electrons. The summed E-state index contributed by atoms with van der Waals surface area (Å²) in [6.45, 7) is 5.23. The number of hydrogen-bond donors (Lipinski definition) is 1. The molecule has 0 bridgehead atoms. The Morgan fingerprint density at radius 1 is 1.44 bits per heavy atom. The first-order valence-electron chi connectivity index (χ1n) is 6.57. The second kappa shape index (κ2) is 5.46. The first kappa shape index (κ1) is 13.0. The molecule has 18 heavy (non-hydrogen) atoms. The molecule has 1 aliphatic heterocycles. The van der Waals surface area contributed by atoms with Gasteiger partial charge in [0.15, 0.2) is 0 Å². The van der Waals surface area contributed by atoms with E-state index in [0.29, 0.717) is 6.04 Å². The standard InChI is InChI=1S/C16H21NO/c1-4-5-8-11-17-14-12-16(2,3)18-15-10-7-6-9-13(14)15/h1,6-7,9-10,14,17H,5,8,11-12H2,2-3H3. The molecule has 1 unspecified atom stereocenters. The van der Waals surface area contributed by atoms with Crippen molar-refractivity contribution in [1.82, 2.24) is 5.32 Å². The van der Waals surface area contributed by atoms with Gasteiger partial charge in [-0.1, -0.05) is 18.2 Å². The Bertz CT molecular complexity index is 445. The highest BCUT2D eigenvalue weighted by Gasteiger charge is 2.32. The van der Waals surface area contributed by atoms with Crippen molar-refractivity contribution < 1.29 is 4.74 Å². The van der Waals surface area contributed by atoms with Crippen LogP contribution in [0.4, 0.5) is 0 Å². The van der Waals surface area contributed by atoms with Crippen LogP contribution in [0.3, 0.4) is 0 Å². The van der Waals surface area contributed by atoms with Gasteiger partial charge in [-0.25, -0.2) is 0 Å². The van der Waals surface area contributed by atoms with E-state index < -0.39 is 0 Å². The number of ether oxygens (including phenoxy) is 1. The van der Waals surface area contributed by atoms with Crippen molar-refractivity contribution in [2.45, 2.75) is 44.8 Å². The van der Waals surface area contributed by atoms with Crippen LogP contribution < -0.4 is 10.1 Å². The molecule has 0 fully saturated rings. The first-order chi connectivity index (χ1) is 8.62. The molecular weight excluding hydrogens is 222 g/mol. The monoisotopic (exact) mass is 243 g/mol. The van der Waals surface area contributed by atoms with Crippen molar-refractivity contribution in [3.05, 3.63) is 29.8 Å². The van der Waals surface area contributed by atoms with Gasteiger partial charge in [-0.2, -0.15) is 0 Å². The third kappa shape index (κ3) is 3.05. The Balaban J connectivity index is 2.08. The molecular formula is C16H21NO. The van der Waals surface area contributed by atoms with Crippen molar-refractivity contribution >= 4 is 0 Å². The van der Waals surface area contributed by atoms with E-state index in [-0.39, 0.29) is 5.60 Å². The summed E-state index contributed by atoms with van der Waals surface area (Å²) in [6.07, 6.45) is 8.11. The van der Waals surface area contributed by atoms with Gasteiger partial charge in [-0.3, -0.25) is 0 Å². The molecule has 0 saturated heterocycles. The zero-order valence-electron chi connectivity index (χ0n) is 11.2. The molecule has 0 amide bonds. The summed E-state index contributed by atoms with van der Waals surface area (Å²) in [6, 6.07) is 8.64. The summed E-state index contributed by atoms with van der Waals surface area (Å²) >= 11 is 0. The number of fused-ring (bicyclic) bond motifs is 1. The Hall–Kier alpha value is -1.46. The minimum absolute atomic E-state index is 0.113. The molecule has 0 aromatic heterocycles. The fraction of sp³-hybridized carbons (Fsp3) is 0.500. The SMILES string of the molecule is C#CCCCNC1CC(C)(C)Oc2ccccc21. The van der Waals surface area contributed by atoms with Crippen LogP contribution in [0.1, 0.15) is 44.7 Å². The minimum atomic E-state index is -0.113. The maximum Gasteiger partial charge on any atom is 0.124 e. The lowest BCUT2D eigenvalue weighted by Gasteiger charge is -2.38. The van der Waals surface area contributed by atoms with Gasteiger partial charge in [0.25, 0.3) is 0 Å². The van der Waals surface area contributed by atoms with Crippen molar-refractivity contribution in [3.8, 4) is 18.1 Å². The zero-order chi connectivity index (χ0) is 13.0. The summed E-state index contributed by atoms with van der Waals surface area (Å²) in [7, 11) is 0. The van der Waals surface area contributed by atoms with Crippen LogP contribution in [0.5, 0.6) is 5.75 Å². The average molecular weight is 243 g/mol. The molecule has 0 aliphatic carbocycles. The van der Waals surface area contributed by atoms with Crippen molar-refractivity contribution in [3.63, 3.8) is 0 Å². The van der Waals surface area contributed by atoms with E-state index in [9.17, 15) is 0 Å². The zero-order valence-corrected chi connectivity index (χ0v) is 11.2. The second-order valence-electron chi connectivity index (χ2n) is 5.42. The summed E-state index contributed by atoms with van der Waals surface area (Å²) in [5.41, 5.74) is 1.15. The molecule has 2 heteroatoms. The Labute approximate surface area is 110 Å². The first-order valence-corrected chi connectivity index (χ1v) is 6.57. The predicted molar refractivity (Wildman–Crippen MR) is 74.6 cm³/mol. The van der Waals surface area contributed by atoms with Gasteiger partial charge in [-0.15, -0.1) is 12.3 Å². The summed E-state index contributed by atoms with van der Waals surface area (Å²) in [5.74, 6) is 3.68. The normalized spacial score (nSPS) is 20.6. The van der Waals surface area contributed by atoms with Crippen molar-refractivity contribution in [1.29, 1.82) is 0 Å². The Morgan fingerprint density at radius 2 is 2.22 bits per heavy atom. The lowest BCUT2D eigenvalue weighted by molar-refractivity contribution is 0.0661. The van der Waals surface area contributed by atoms with Crippen LogP contribution in [0.15, 0.2) is 24.3 Å². The average Bonchev–Trinajstić information content (AvgIpc) is 2.33. The predicted octanol–water partition coefficient (Wildman–Crippen LogP) is 3.29. The Kier molecular flexibility index (Phi) is 3.93. The number of rotatable bonds is 4. The maximum absolute atomic E-state index is 6.00. The Morgan fingerprint density at radius 3 is 3.00 bits per heavy atom. The number of terminal acetylenes is 1.